The summed E-state index contributed by atoms with van der Waals surface area (Å²) < 4.78 is 5.38. The summed E-state index contributed by atoms with van der Waals surface area (Å²) in [5.41, 5.74) is 1.07. The normalized spacial score (nSPS) is 17.6. The molecule has 1 saturated heterocycles. The first kappa shape index (κ1) is 12.9. The Bertz CT molecular complexity index is 423. The van der Waals surface area contributed by atoms with Gasteiger partial charge in [0.25, 0.3) is 0 Å². The number of ether oxygens (including phenoxy) is 1. The molecular formula is C16H19NO. The van der Waals surface area contributed by atoms with Crippen LogP contribution in [0.25, 0.3) is 0 Å². The number of rotatable bonds is 3. The zero-order valence-electron chi connectivity index (χ0n) is 10.6. The highest BCUT2D eigenvalue weighted by Gasteiger charge is 2.17. The largest absolute Gasteiger partial charge is 0.379 e. The van der Waals surface area contributed by atoms with Crippen LogP contribution < -0.4 is 0 Å². The highest BCUT2D eigenvalue weighted by atomic mass is 16.5. The Morgan fingerprint density at radius 1 is 1.28 bits per heavy atom. The van der Waals surface area contributed by atoms with Crippen molar-refractivity contribution in [2.75, 3.05) is 26.3 Å². The van der Waals surface area contributed by atoms with Gasteiger partial charge in [-0.1, -0.05) is 36.1 Å². The molecule has 94 valence electrons. The highest BCUT2D eigenvalue weighted by Crippen LogP contribution is 2.08. The van der Waals surface area contributed by atoms with Crippen LogP contribution in [0, 0.1) is 11.8 Å². The molecule has 1 heterocycles. The van der Waals surface area contributed by atoms with E-state index in [1.165, 1.54) is 0 Å². The number of morpholine rings is 1. The van der Waals surface area contributed by atoms with Crippen LogP contribution in [0.15, 0.2) is 43.0 Å². The van der Waals surface area contributed by atoms with Crippen LogP contribution in [0.4, 0.5) is 0 Å². The second-order valence-corrected chi connectivity index (χ2v) is 4.32. The molecule has 2 rings (SSSR count). The molecule has 0 radical (unpaired) electrons. The van der Waals surface area contributed by atoms with Gasteiger partial charge in [-0.3, -0.25) is 4.90 Å². The van der Waals surface area contributed by atoms with Crippen LogP contribution in [-0.2, 0) is 4.74 Å². The molecule has 1 fully saturated rings. The smallest absolute Gasteiger partial charge is 0.0754 e. The first-order chi connectivity index (χ1) is 8.90. The van der Waals surface area contributed by atoms with Gasteiger partial charge in [-0.15, -0.1) is 6.58 Å². The molecule has 0 amide bonds. The van der Waals surface area contributed by atoms with Crippen molar-refractivity contribution in [3.63, 3.8) is 0 Å². The van der Waals surface area contributed by atoms with Crippen LogP contribution >= 0.6 is 0 Å². The Balaban J connectivity index is 2.06. The minimum atomic E-state index is 0.256. The summed E-state index contributed by atoms with van der Waals surface area (Å²) in [5.74, 6) is 6.60. The Morgan fingerprint density at radius 2 is 2.00 bits per heavy atom. The van der Waals surface area contributed by atoms with Crippen molar-refractivity contribution in [3.05, 3.63) is 48.6 Å². The number of nitrogens with zero attached hydrogens (tertiary/aromatic N) is 1. The van der Waals surface area contributed by atoms with Crippen molar-refractivity contribution < 1.29 is 4.74 Å². The molecule has 1 aliphatic rings. The highest BCUT2D eigenvalue weighted by molar-refractivity contribution is 5.35. The third kappa shape index (κ3) is 3.73. The van der Waals surface area contributed by atoms with Crippen LogP contribution in [0.1, 0.15) is 12.0 Å². The minimum Gasteiger partial charge on any atom is -0.379 e. The number of hydrogen-bond acceptors (Lipinski definition) is 2. The third-order valence-electron chi connectivity index (χ3n) is 3.03. The van der Waals surface area contributed by atoms with E-state index in [-0.39, 0.29) is 6.04 Å². The predicted octanol–water partition coefficient (Wildman–Crippen LogP) is 2.32. The quantitative estimate of drug-likeness (QED) is 0.595. The monoisotopic (exact) mass is 241 g/mol. The van der Waals surface area contributed by atoms with Crippen molar-refractivity contribution >= 4 is 0 Å². The maximum absolute atomic E-state index is 5.38. The predicted molar refractivity (Wildman–Crippen MR) is 74.3 cm³/mol. The van der Waals surface area contributed by atoms with Crippen molar-refractivity contribution in [2.24, 2.45) is 0 Å². The summed E-state index contributed by atoms with van der Waals surface area (Å²) in [5, 5.41) is 0. The number of hydrogen-bond donors (Lipinski definition) is 0. The lowest BCUT2D eigenvalue weighted by molar-refractivity contribution is 0.0278. The van der Waals surface area contributed by atoms with Gasteiger partial charge in [-0.25, -0.2) is 0 Å². The van der Waals surface area contributed by atoms with Crippen molar-refractivity contribution in [1.29, 1.82) is 0 Å². The fourth-order valence-corrected chi connectivity index (χ4v) is 2.03. The molecular weight excluding hydrogens is 222 g/mol. The fourth-order valence-electron chi connectivity index (χ4n) is 2.03. The van der Waals surface area contributed by atoms with Gasteiger partial charge < -0.3 is 4.74 Å². The topological polar surface area (TPSA) is 12.5 Å². The van der Waals surface area contributed by atoms with E-state index in [1.807, 2.05) is 36.4 Å². The third-order valence-corrected chi connectivity index (χ3v) is 3.03. The van der Waals surface area contributed by atoms with Crippen molar-refractivity contribution in [1.82, 2.24) is 4.90 Å². The van der Waals surface area contributed by atoms with Crippen molar-refractivity contribution in [2.45, 2.75) is 12.5 Å². The molecule has 1 aliphatic heterocycles. The molecule has 0 aliphatic carbocycles. The maximum Gasteiger partial charge on any atom is 0.0754 e. The second-order valence-electron chi connectivity index (χ2n) is 4.32. The van der Waals surface area contributed by atoms with E-state index < -0.39 is 0 Å². The zero-order valence-corrected chi connectivity index (χ0v) is 10.6. The Kier molecular flexibility index (Phi) is 5.01. The molecule has 1 aromatic rings. The Hall–Kier alpha value is -1.56. The molecule has 0 bridgehead atoms. The Labute approximate surface area is 109 Å². The second kappa shape index (κ2) is 7.00. The van der Waals surface area contributed by atoms with E-state index in [1.54, 1.807) is 0 Å². The molecule has 1 unspecified atom stereocenters. The fraction of sp³-hybridized carbons (Fsp3) is 0.375. The summed E-state index contributed by atoms with van der Waals surface area (Å²) in [7, 11) is 0. The SMILES string of the molecule is C=CCC(C#Cc1ccccc1)N1CCOCC1. The summed E-state index contributed by atoms with van der Waals surface area (Å²) in [6, 6.07) is 10.4. The van der Waals surface area contributed by atoms with Crippen LogP contribution in [-0.4, -0.2) is 37.2 Å². The molecule has 18 heavy (non-hydrogen) atoms. The van der Waals surface area contributed by atoms with Gasteiger partial charge in [0.15, 0.2) is 0 Å². The molecule has 1 atom stereocenters. The van der Waals surface area contributed by atoms with E-state index in [0.29, 0.717) is 0 Å². The van der Waals surface area contributed by atoms with E-state index in [0.717, 1.165) is 38.3 Å². The maximum atomic E-state index is 5.38. The van der Waals surface area contributed by atoms with Gasteiger partial charge in [0.1, 0.15) is 0 Å². The molecule has 0 N–H and O–H groups in total. The van der Waals surface area contributed by atoms with E-state index in [2.05, 4.69) is 23.3 Å². The first-order valence-corrected chi connectivity index (χ1v) is 6.39. The lowest BCUT2D eigenvalue weighted by Crippen LogP contribution is -2.42. The van der Waals surface area contributed by atoms with Gasteiger partial charge >= 0.3 is 0 Å². The summed E-state index contributed by atoms with van der Waals surface area (Å²) in [6.07, 6.45) is 2.85. The van der Waals surface area contributed by atoms with E-state index in [4.69, 9.17) is 4.74 Å². The van der Waals surface area contributed by atoms with Gasteiger partial charge in [0.2, 0.25) is 0 Å². The van der Waals surface area contributed by atoms with Gasteiger partial charge in [-0.2, -0.15) is 0 Å². The standard InChI is InChI=1S/C16H19NO/c1-2-6-16(17-11-13-18-14-12-17)10-9-15-7-4-3-5-8-15/h2-5,7-8,16H,1,6,11-14H2. The van der Waals surface area contributed by atoms with E-state index >= 15 is 0 Å². The summed E-state index contributed by atoms with van der Waals surface area (Å²) >= 11 is 0. The lowest BCUT2D eigenvalue weighted by Gasteiger charge is -2.30. The first-order valence-electron chi connectivity index (χ1n) is 6.39. The average Bonchev–Trinajstić information content (AvgIpc) is 2.45. The molecule has 0 saturated carbocycles. The van der Waals surface area contributed by atoms with Crippen molar-refractivity contribution in [3.8, 4) is 11.8 Å². The lowest BCUT2D eigenvalue weighted by atomic mass is 10.1. The van der Waals surface area contributed by atoms with Crippen LogP contribution in [0.5, 0.6) is 0 Å². The van der Waals surface area contributed by atoms with E-state index in [9.17, 15) is 0 Å². The van der Waals surface area contributed by atoms with Gasteiger partial charge in [0, 0.05) is 18.7 Å². The molecule has 2 heteroatoms. The number of benzene rings is 1. The van der Waals surface area contributed by atoms with Gasteiger partial charge in [0.05, 0.1) is 19.3 Å². The average molecular weight is 241 g/mol. The van der Waals surface area contributed by atoms with Gasteiger partial charge in [-0.05, 0) is 18.6 Å². The Morgan fingerprint density at radius 3 is 2.67 bits per heavy atom. The van der Waals surface area contributed by atoms with Crippen LogP contribution in [0.2, 0.25) is 0 Å². The summed E-state index contributed by atoms with van der Waals surface area (Å²) in [4.78, 5) is 2.38. The molecule has 0 spiro atoms. The van der Waals surface area contributed by atoms with Crippen LogP contribution in [0.3, 0.4) is 0 Å². The molecule has 0 aromatic heterocycles. The molecule has 1 aromatic carbocycles. The molecule has 2 nitrogen and oxygen atoms in total. The zero-order chi connectivity index (χ0) is 12.6. The summed E-state index contributed by atoms with van der Waals surface area (Å²) in [6.45, 7) is 7.36. The minimum absolute atomic E-state index is 0.256.